The first-order valence-corrected chi connectivity index (χ1v) is 8.62. The number of benzene rings is 2. The molecule has 0 heterocycles. The predicted molar refractivity (Wildman–Crippen MR) is 81.7 cm³/mol. The fourth-order valence-electron chi connectivity index (χ4n) is 2.05. The Hall–Kier alpha value is -2.07. The molecule has 142 valence electrons. The second kappa shape index (κ2) is 6.92. The molecule has 0 amide bonds. The average Bonchev–Trinajstić information content (AvgIpc) is 2.52. The number of rotatable bonds is 4. The SMILES string of the molecule is Cc1ccc(CNS(=O)(=O)c2cc(C(F)(F)F)cc(C(F)(F)F)c2)cc1. The Kier molecular flexibility index (Phi) is 5.39. The number of alkyl halides is 6. The molecule has 10 heteroatoms. The summed E-state index contributed by atoms with van der Waals surface area (Å²) < 4.78 is 103. The maximum Gasteiger partial charge on any atom is 0.416 e. The average molecular weight is 397 g/mol. The zero-order chi connectivity index (χ0) is 19.8. The molecule has 0 saturated carbocycles. The van der Waals surface area contributed by atoms with Crippen molar-refractivity contribution < 1.29 is 34.8 Å². The van der Waals surface area contributed by atoms with Crippen LogP contribution in [0.5, 0.6) is 0 Å². The second-order valence-electron chi connectivity index (χ2n) is 5.55. The molecule has 2 rings (SSSR count). The number of hydrogen-bond donors (Lipinski definition) is 1. The van der Waals surface area contributed by atoms with Gasteiger partial charge in [-0.2, -0.15) is 26.3 Å². The Bertz CT molecular complexity index is 854. The minimum absolute atomic E-state index is 0.126. The molecule has 0 unspecified atom stereocenters. The van der Waals surface area contributed by atoms with E-state index in [-0.39, 0.29) is 24.7 Å². The fourth-order valence-corrected chi connectivity index (χ4v) is 3.14. The number of aryl methyl sites for hydroxylation is 1. The third kappa shape index (κ3) is 4.98. The van der Waals surface area contributed by atoms with Crippen LogP contribution in [0.1, 0.15) is 22.3 Å². The van der Waals surface area contributed by atoms with E-state index >= 15 is 0 Å². The van der Waals surface area contributed by atoms with Gasteiger partial charge in [0.2, 0.25) is 10.0 Å². The van der Waals surface area contributed by atoms with Crippen molar-refractivity contribution in [2.24, 2.45) is 0 Å². The van der Waals surface area contributed by atoms with Crippen LogP contribution in [0.25, 0.3) is 0 Å². The smallest absolute Gasteiger partial charge is 0.207 e. The molecule has 2 aromatic rings. The molecule has 0 bridgehead atoms. The summed E-state index contributed by atoms with van der Waals surface area (Å²) in [5.74, 6) is 0. The minimum Gasteiger partial charge on any atom is -0.207 e. The number of hydrogen-bond acceptors (Lipinski definition) is 2. The van der Waals surface area contributed by atoms with Crippen molar-refractivity contribution in [3.8, 4) is 0 Å². The van der Waals surface area contributed by atoms with Crippen LogP contribution in [0.3, 0.4) is 0 Å². The van der Waals surface area contributed by atoms with Crippen molar-refractivity contribution in [2.45, 2.75) is 30.7 Å². The third-order valence-corrected chi connectivity index (χ3v) is 4.84. The van der Waals surface area contributed by atoms with Crippen LogP contribution >= 0.6 is 0 Å². The van der Waals surface area contributed by atoms with Crippen LogP contribution in [-0.2, 0) is 28.9 Å². The molecule has 0 atom stereocenters. The summed E-state index contributed by atoms with van der Waals surface area (Å²) in [5, 5.41) is 0. The van der Waals surface area contributed by atoms with Gasteiger partial charge in [-0.05, 0) is 30.7 Å². The van der Waals surface area contributed by atoms with Crippen molar-refractivity contribution in [3.63, 3.8) is 0 Å². The molecule has 26 heavy (non-hydrogen) atoms. The summed E-state index contributed by atoms with van der Waals surface area (Å²) >= 11 is 0. The molecule has 0 aliphatic heterocycles. The summed E-state index contributed by atoms with van der Waals surface area (Å²) in [6.07, 6.45) is -10.2. The highest BCUT2D eigenvalue weighted by molar-refractivity contribution is 7.89. The van der Waals surface area contributed by atoms with Crippen molar-refractivity contribution >= 4 is 10.0 Å². The van der Waals surface area contributed by atoms with Gasteiger partial charge in [-0.1, -0.05) is 29.8 Å². The van der Waals surface area contributed by atoms with Crippen molar-refractivity contribution in [2.75, 3.05) is 0 Å². The van der Waals surface area contributed by atoms with Gasteiger partial charge < -0.3 is 0 Å². The van der Waals surface area contributed by atoms with Gasteiger partial charge in [0.05, 0.1) is 16.0 Å². The predicted octanol–water partition coefficient (Wildman–Crippen LogP) is 4.51. The van der Waals surface area contributed by atoms with E-state index in [2.05, 4.69) is 0 Å². The highest BCUT2D eigenvalue weighted by Crippen LogP contribution is 2.37. The van der Waals surface area contributed by atoms with Gasteiger partial charge in [0.1, 0.15) is 0 Å². The molecule has 0 fully saturated rings. The van der Waals surface area contributed by atoms with Crippen LogP contribution in [0.2, 0.25) is 0 Å². The van der Waals surface area contributed by atoms with Crippen LogP contribution in [0, 0.1) is 6.92 Å². The molecule has 0 saturated heterocycles. The molecule has 0 aliphatic carbocycles. The molecule has 0 aromatic heterocycles. The van der Waals surface area contributed by atoms with E-state index in [1.165, 1.54) is 0 Å². The largest absolute Gasteiger partial charge is 0.416 e. The molecular formula is C16H13F6NO2S. The Labute approximate surface area is 145 Å². The van der Waals surface area contributed by atoms with Gasteiger partial charge >= 0.3 is 12.4 Å². The Morgan fingerprint density at radius 1 is 0.846 bits per heavy atom. The van der Waals surface area contributed by atoms with Gasteiger partial charge in [0.15, 0.2) is 0 Å². The highest BCUT2D eigenvalue weighted by Gasteiger charge is 2.38. The zero-order valence-corrected chi connectivity index (χ0v) is 14.1. The summed E-state index contributed by atoms with van der Waals surface area (Å²) in [6, 6.07) is 6.78. The summed E-state index contributed by atoms with van der Waals surface area (Å²) in [7, 11) is -4.58. The van der Waals surface area contributed by atoms with E-state index in [1.807, 2.05) is 4.72 Å². The normalized spacial score (nSPS) is 13.0. The standard InChI is InChI=1S/C16H13F6NO2S/c1-10-2-4-11(5-3-10)9-23-26(24,25)14-7-12(15(17,18)19)6-13(8-14)16(20,21)22/h2-8,23H,9H2,1H3. The van der Waals surface area contributed by atoms with E-state index in [0.29, 0.717) is 5.56 Å². The number of nitrogens with one attached hydrogen (secondary N) is 1. The van der Waals surface area contributed by atoms with Crippen molar-refractivity contribution in [1.29, 1.82) is 0 Å². The molecule has 3 nitrogen and oxygen atoms in total. The topological polar surface area (TPSA) is 46.2 Å². The van der Waals surface area contributed by atoms with Gasteiger partial charge in [-0.15, -0.1) is 0 Å². The van der Waals surface area contributed by atoms with Crippen LogP contribution in [-0.4, -0.2) is 8.42 Å². The maximum atomic E-state index is 12.8. The minimum atomic E-state index is -5.12. The lowest BCUT2D eigenvalue weighted by Crippen LogP contribution is -2.24. The first-order valence-electron chi connectivity index (χ1n) is 7.14. The van der Waals surface area contributed by atoms with Crippen molar-refractivity contribution in [3.05, 3.63) is 64.7 Å². The number of halogens is 6. The Morgan fingerprint density at radius 2 is 1.31 bits per heavy atom. The van der Waals surface area contributed by atoms with E-state index in [0.717, 1.165) is 5.56 Å². The molecule has 2 aromatic carbocycles. The Morgan fingerprint density at radius 3 is 1.73 bits per heavy atom. The lowest BCUT2D eigenvalue weighted by molar-refractivity contribution is -0.143. The van der Waals surface area contributed by atoms with Crippen LogP contribution < -0.4 is 4.72 Å². The number of sulfonamides is 1. The Balaban J connectivity index is 2.39. The van der Waals surface area contributed by atoms with Gasteiger partial charge in [-0.3, -0.25) is 0 Å². The van der Waals surface area contributed by atoms with E-state index in [4.69, 9.17) is 0 Å². The monoisotopic (exact) mass is 397 g/mol. The lowest BCUT2D eigenvalue weighted by atomic mass is 10.1. The van der Waals surface area contributed by atoms with Gasteiger partial charge in [0.25, 0.3) is 0 Å². The van der Waals surface area contributed by atoms with Crippen LogP contribution in [0.4, 0.5) is 26.3 Å². The van der Waals surface area contributed by atoms with Gasteiger partial charge in [-0.25, -0.2) is 13.1 Å². The molecule has 0 radical (unpaired) electrons. The van der Waals surface area contributed by atoms with Crippen LogP contribution in [0.15, 0.2) is 47.4 Å². The fraction of sp³-hybridized carbons (Fsp3) is 0.250. The quantitative estimate of drug-likeness (QED) is 0.772. The van der Waals surface area contributed by atoms with E-state index in [9.17, 15) is 34.8 Å². The second-order valence-corrected chi connectivity index (χ2v) is 7.32. The van der Waals surface area contributed by atoms with Gasteiger partial charge in [0, 0.05) is 6.54 Å². The summed E-state index contributed by atoms with van der Waals surface area (Å²) in [4.78, 5) is -1.10. The van der Waals surface area contributed by atoms with Crippen molar-refractivity contribution in [1.82, 2.24) is 4.72 Å². The highest BCUT2D eigenvalue weighted by atomic mass is 32.2. The zero-order valence-electron chi connectivity index (χ0n) is 13.2. The van der Waals surface area contributed by atoms with E-state index in [1.54, 1.807) is 31.2 Å². The summed E-state index contributed by atoms with van der Waals surface area (Å²) in [5.41, 5.74) is -1.97. The van der Waals surface area contributed by atoms with E-state index < -0.39 is 38.4 Å². The molecular weight excluding hydrogens is 384 g/mol. The third-order valence-electron chi connectivity index (χ3n) is 3.46. The molecule has 0 aliphatic rings. The summed E-state index contributed by atoms with van der Waals surface area (Å²) in [6.45, 7) is 1.52. The maximum absolute atomic E-state index is 12.8. The first-order chi connectivity index (χ1) is 11.8. The molecule has 1 N–H and O–H groups in total. The lowest BCUT2D eigenvalue weighted by Gasteiger charge is -2.15. The molecule has 0 spiro atoms. The first kappa shape index (κ1) is 20.2.